The summed E-state index contributed by atoms with van der Waals surface area (Å²) in [5, 5.41) is -0.813. The highest BCUT2D eigenvalue weighted by atomic mass is 35.5. The molecule has 1 atom stereocenters. The van der Waals surface area contributed by atoms with Crippen LogP contribution in [0.4, 0.5) is 0 Å². The third-order valence-electron chi connectivity index (χ3n) is 1.90. The van der Waals surface area contributed by atoms with Gasteiger partial charge in [0.15, 0.2) is 11.2 Å². The third-order valence-corrected chi connectivity index (χ3v) is 2.34. The average Bonchev–Trinajstić information content (AvgIpc) is 2.28. The molecule has 0 N–H and O–H groups in total. The Morgan fingerprint density at radius 3 is 2.60 bits per heavy atom. The van der Waals surface area contributed by atoms with Gasteiger partial charge in [0.05, 0.1) is 6.61 Å². The molecule has 0 aliphatic rings. The summed E-state index contributed by atoms with van der Waals surface area (Å²) in [6, 6.07) is 8.87. The predicted molar refractivity (Wildman–Crippen MR) is 61.2 cm³/mol. The average molecular weight is 225 g/mol. The van der Waals surface area contributed by atoms with Crippen LogP contribution in [0, 0.1) is 0 Å². The topological polar surface area (TPSA) is 26.3 Å². The summed E-state index contributed by atoms with van der Waals surface area (Å²) < 4.78 is 5.10. The Morgan fingerprint density at radius 1 is 1.47 bits per heavy atom. The van der Waals surface area contributed by atoms with E-state index in [2.05, 4.69) is 6.58 Å². The first-order valence-electron chi connectivity index (χ1n) is 4.71. The van der Waals surface area contributed by atoms with Crippen LogP contribution in [0.2, 0.25) is 0 Å². The number of allylic oxidation sites excluding steroid dienone is 1. The molecule has 1 aromatic carbocycles. The van der Waals surface area contributed by atoms with E-state index in [1.807, 2.05) is 13.0 Å². The van der Waals surface area contributed by atoms with E-state index in [4.69, 9.17) is 16.3 Å². The normalized spacial score (nSPS) is 11.9. The lowest BCUT2D eigenvalue weighted by atomic mass is 10.1. The summed E-state index contributed by atoms with van der Waals surface area (Å²) in [4.78, 5) is 11.8. The molecule has 0 aromatic heterocycles. The summed E-state index contributed by atoms with van der Waals surface area (Å²) in [7, 11) is 0. The van der Waals surface area contributed by atoms with E-state index in [0.29, 0.717) is 17.9 Å². The van der Waals surface area contributed by atoms with E-state index in [-0.39, 0.29) is 5.78 Å². The number of ether oxygens (including phenoxy) is 1. The van der Waals surface area contributed by atoms with Crippen LogP contribution in [0.15, 0.2) is 42.7 Å². The Hall–Kier alpha value is -1.28. The number of carbonyl (C=O) groups excluding carboxylic acids is 1. The number of ketones is 1. The van der Waals surface area contributed by atoms with E-state index in [9.17, 15) is 4.79 Å². The van der Waals surface area contributed by atoms with Crippen LogP contribution in [0.3, 0.4) is 0 Å². The second-order valence-electron chi connectivity index (χ2n) is 2.99. The summed E-state index contributed by atoms with van der Waals surface area (Å²) >= 11 is 5.92. The molecule has 1 unspecified atom stereocenters. The molecule has 1 aromatic rings. The maximum Gasteiger partial charge on any atom is 0.188 e. The molecular weight excluding hydrogens is 212 g/mol. The van der Waals surface area contributed by atoms with Gasteiger partial charge in [-0.2, -0.15) is 0 Å². The molecule has 2 nitrogen and oxygen atoms in total. The van der Waals surface area contributed by atoms with Crippen LogP contribution in [-0.2, 0) is 4.74 Å². The maximum absolute atomic E-state index is 11.8. The number of Topliss-reactive ketones (excluding diaryl/α,β-unsaturated/α-hetero) is 1. The van der Waals surface area contributed by atoms with Crippen LogP contribution in [-0.4, -0.2) is 17.8 Å². The number of halogens is 1. The number of benzene rings is 1. The second-order valence-corrected chi connectivity index (χ2v) is 3.43. The Morgan fingerprint density at radius 2 is 2.07 bits per heavy atom. The van der Waals surface area contributed by atoms with E-state index < -0.39 is 5.38 Å². The highest BCUT2D eigenvalue weighted by Crippen LogP contribution is 2.15. The number of hydrogen-bond donors (Lipinski definition) is 0. The van der Waals surface area contributed by atoms with Gasteiger partial charge in [-0.15, -0.1) is 11.6 Å². The molecule has 0 bridgehead atoms. The van der Waals surface area contributed by atoms with Crippen molar-refractivity contribution in [2.24, 2.45) is 0 Å². The highest BCUT2D eigenvalue weighted by Gasteiger charge is 2.20. The van der Waals surface area contributed by atoms with Crippen LogP contribution in [0.1, 0.15) is 17.3 Å². The fraction of sp³-hybridized carbons (Fsp3) is 0.250. The second kappa shape index (κ2) is 5.56. The molecule has 3 heteroatoms. The van der Waals surface area contributed by atoms with Gasteiger partial charge in [0.2, 0.25) is 0 Å². The van der Waals surface area contributed by atoms with Crippen molar-refractivity contribution in [3.05, 3.63) is 48.2 Å². The van der Waals surface area contributed by atoms with E-state index >= 15 is 0 Å². The smallest absolute Gasteiger partial charge is 0.188 e. The van der Waals surface area contributed by atoms with E-state index in [1.165, 1.54) is 0 Å². The number of hydrogen-bond acceptors (Lipinski definition) is 2. The van der Waals surface area contributed by atoms with Crippen LogP contribution < -0.4 is 0 Å². The molecule has 15 heavy (non-hydrogen) atoms. The summed E-state index contributed by atoms with van der Waals surface area (Å²) in [5.41, 5.74) is 0.568. The van der Waals surface area contributed by atoms with Gasteiger partial charge in [0.25, 0.3) is 0 Å². The van der Waals surface area contributed by atoms with Gasteiger partial charge < -0.3 is 4.74 Å². The molecule has 0 spiro atoms. The minimum atomic E-state index is -0.813. The molecule has 0 saturated heterocycles. The van der Waals surface area contributed by atoms with Gasteiger partial charge in [-0.05, 0) is 6.92 Å². The van der Waals surface area contributed by atoms with Crippen LogP contribution in [0.5, 0.6) is 0 Å². The fourth-order valence-corrected chi connectivity index (χ4v) is 1.34. The SMILES string of the molecule is C=C(OCC)C(Cl)C(=O)c1ccccc1. The number of alkyl halides is 1. The van der Waals surface area contributed by atoms with Gasteiger partial charge in [-0.25, -0.2) is 0 Å². The van der Waals surface area contributed by atoms with Crippen molar-refractivity contribution in [1.29, 1.82) is 0 Å². The predicted octanol–water partition coefficient (Wildman–Crippen LogP) is 3.03. The molecule has 0 radical (unpaired) electrons. The fourth-order valence-electron chi connectivity index (χ4n) is 1.15. The van der Waals surface area contributed by atoms with Crippen molar-refractivity contribution in [2.75, 3.05) is 6.61 Å². The van der Waals surface area contributed by atoms with E-state index in [0.717, 1.165) is 0 Å². The Kier molecular flexibility index (Phi) is 4.37. The van der Waals surface area contributed by atoms with E-state index in [1.54, 1.807) is 24.3 Å². The molecule has 0 aliphatic heterocycles. The zero-order chi connectivity index (χ0) is 11.3. The van der Waals surface area contributed by atoms with Gasteiger partial charge >= 0.3 is 0 Å². The highest BCUT2D eigenvalue weighted by molar-refractivity contribution is 6.35. The van der Waals surface area contributed by atoms with Crippen molar-refractivity contribution in [1.82, 2.24) is 0 Å². The van der Waals surface area contributed by atoms with Crippen LogP contribution in [0.25, 0.3) is 0 Å². The first-order valence-corrected chi connectivity index (χ1v) is 5.15. The summed E-state index contributed by atoms with van der Waals surface area (Å²) in [6.07, 6.45) is 0. The third kappa shape index (κ3) is 3.10. The summed E-state index contributed by atoms with van der Waals surface area (Å²) in [5.74, 6) is 0.115. The minimum absolute atomic E-state index is 0.185. The molecule has 0 aliphatic carbocycles. The molecule has 0 saturated carbocycles. The zero-order valence-electron chi connectivity index (χ0n) is 8.57. The summed E-state index contributed by atoms with van der Waals surface area (Å²) in [6.45, 7) is 5.90. The first kappa shape index (κ1) is 11.8. The molecule has 80 valence electrons. The lowest BCUT2D eigenvalue weighted by molar-refractivity contribution is 0.0970. The molecule has 1 rings (SSSR count). The van der Waals surface area contributed by atoms with Crippen molar-refractivity contribution in [3.8, 4) is 0 Å². The standard InChI is InChI=1S/C12H13ClO2/c1-3-15-9(2)11(13)12(14)10-7-5-4-6-8-10/h4-8,11H,2-3H2,1H3. The van der Waals surface area contributed by atoms with Gasteiger partial charge in [0.1, 0.15) is 5.76 Å². The van der Waals surface area contributed by atoms with Gasteiger partial charge in [0, 0.05) is 5.56 Å². The largest absolute Gasteiger partial charge is 0.497 e. The molecule has 0 heterocycles. The number of rotatable bonds is 5. The maximum atomic E-state index is 11.8. The quantitative estimate of drug-likeness (QED) is 0.437. The molecule has 0 fully saturated rings. The monoisotopic (exact) mass is 224 g/mol. The molecule has 0 amide bonds. The van der Waals surface area contributed by atoms with Gasteiger partial charge in [-0.1, -0.05) is 36.9 Å². The Bertz CT molecular complexity index is 346. The molecular formula is C12H13ClO2. The van der Waals surface area contributed by atoms with Crippen molar-refractivity contribution in [2.45, 2.75) is 12.3 Å². The number of carbonyl (C=O) groups is 1. The van der Waals surface area contributed by atoms with Gasteiger partial charge in [-0.3, -0.25) is 4.79 Å². The van der Waals surface area contributed by atoms with Crippen molar-refractivity contribution in [3.63, 3.8) is 0 Å². The first-order chi connectivity index (χ1) is 7.16. The van der Waals surface area contributed by atoms with Crippen LogP contribution >= 0.6 is 11.6 Å². The Balaban J connectivity index is 2.73. The lowest BCUT2D eigenvalue weighted by Gasteiger charge is -2.11. The minimum Gasteiger partial charge on any atom is -0.497 e. The van der Waals surface area contributed by atoms with Crippen molar-refractivity contribution < 1.29 is 9.53 Å². The lowest BCUT2D eigenvalue weighted by Crippen LogP contribution is -2.18. The Labute approximate surface area is 94.5 Å². The van der Waals surface area contributed by atoms with Crippen molar-refractivity contribution >= 4 is 17.4 Å². The zero-order valence-corrected chi connectivity index (χ0v) is 9.33.